The number of thiazole rings is 1. The van der Waals surface area contributed by atoms with Crippen LogP contribution in [0, 0.1) is 0 Å². The number of rotatable bonds is 3. The molecule has 1 amide bonds. The van der Waals surface area contributed by atoms with Crippen LogP contribution in [0.3, 0.4) is 0 Å². The van der Waals surface area contributed by atoms with Gasteiger partial charge in [0.2, 0.25) is 5.91 Å². The molecule has 1 saturated heterocycles. The van der Waals surface area contributed by atoms with Gasteiger partial charge in [0.05, 0.1) is 5.69 Å². The fourth-order valence-electron chi connectivity index (χ4n) is 2.90. The molecule has 2 aliphatic rings. The number of carbonyl (C=O) groups excluding carboxylic acids is 1. The van der Waals surface area contributed by atoms with Crippen molar-refractivity contribution >= 4 is 46.5 Å². The first kappa shape index (κ1) is 18.0. The third-order valence-electron chi connectivity index (χ3n) is 4.02. The van der Waals surface area contributed by atoms with Crippen molar-refractivity contribution in [1.82, 2.24) is 10.3 Å². The van der Waals surface area contributed by atoms with Gasteiger partial charge in [-0.25, -0.2) is 4.98 Å². The molecule has 2 heterocycles. The zero-order chi connectivity index (χ0) is 14.5. The van der Waals surface area contributed by atoms with E-state index in [4.69, 9.17) is 0 Å². The first-order valence-electron chi connectivity index (χ1n) is 7.91. The lowest BCUT2D eigenvalue weighted by atomic mass is 10.0. The molecule has 0 aromatic carbocycles. The number of thioether (sulfide) groups is 1. The number of anilines is 1. The normalized spacial score (nSPS) is 21.9. The van der Waals surface area contributed by atoms with Gasteiger partial charge in [-0.2, -0.15) is 11.8 Å². The largest absolute Gasteiger partial charge is 0.312 e. The number of carbonyl (C=O) groups is 1. The third kappa shape index (κ3) is 5.11. The summed E-state index contributed by atoms with van der Waals surface area (Å²) in [7, 11) is 0. The smallest absolute Gasteiger partial charge is 0.227 e. The highest BCUT2D eigenvalue weighted by Crippen LogP contribution is 2.28. The summed E-state index contributed by atoms with van der Waals surface area (Å²) in [5.74, 6) is 2.27. The van der Waals surface area contributed by atoms with Crippen molar-refractivity contribution in [3.8, 4) is 0 Å². The Bertz CT molecular complexity index is 464. The molecule has 0 radical (unpaired) electrons. The summed E-state index contributed by atoms with van der Waals surface area (Å²) in [6.07, 6.45) is 7.87. The molecule has 0 spiro atoms. The van der Waals surface area contributed by atoms with Crippen molar-refractivity contribution in [1.29, 1.82) is 0 Å². The molecule has 1 aliphatic carbocycles. The molecular formula is C15H24ClN3OS2. The third-order valence-corrected chi connectivity index (χ3v) is 6.23. The summed E-state index contributed by atoms with van der Waals surface area (Å²) >= 11 is 3.60. The SMILES string of the molecule is Cl.O=C(CC1CSCCN1)Nc1nc2c(s1)CCCCCC2. The van der Waals surface area contributed by atoms with Crippen LogP contribution in [0.25, 0.3) is 0 Å². The van der Waals surface area contributed by atoms with Crippen LogP contribution in [0.4, 0.5) is 5.13 Å². The van der Waals surface area contributed by atoms with E-state index in [1.54, 1.807) is 11.3 Å². The molecule has 1 unspecified atom stereocenters. The number of halogens is 1. The minimum absolute atomic E-state index is 0. The number of nitrogens with zero attached hydrogens (tertiary/aromatic N) is 1. The summed E-state index contributed by atoms with van der Waals surface area (Å²) in [4.78, 5) is 18.2. The maximum atomic E-state index is 12.1. The highest BCUT2D eigenvalue weighted by atomic mass is 35.5. The van der Waals surface area contributed by atoms with Crippen molar-refractivity contribution in [2.24, 2.45) is 0 Å². The van der Waals surface area contributed by atoms with Crippen LogP contribution in [0.2, 0.25) is 0 Å². The van der Waals surface area contributed by atoms with Gasteiger partial charge in [-0.1, -0.05) is 12.8 Å². The predicted molar refractivity (Wildman–Crippen MR) is 97.6 cm³/mol. The lowest BCUT2D eigenvalue weighted by Crippen LogP contribution is -2.39. The van der Waals surface area contributed by atoms with Crippen molar-refractivity contribution < 1.29 is 4.79 Å². The van der Waals surface area contributed by atoms with E-state index >= 15 is 0 Å². The molecule has 2 N–H and O–H groups in total. The summed E-state index contributed by atoms with van der Waals surface area (Å²) in [5, 5.41) is 7.21. The number of nitrogens with one attached hydrogen (secondary N) is 2. The maximum Gasteiger partial charge on any atom is 0.227 e. The lowest BCUT2D eigenvalue weighted by molar-refractivity contribution is -0.116. The molecule has 4 nitrogen and oxygen atoms in total. The van der Waals surface area contributed by atoms with E-state index in [9.17, 15) is 4.79 Å². The van der Waals surface area contributed by atoms with E-state index in [2.05, 4.69) is 15.6 Å². The Kier molecular flexibility index (Phi) is 7.47. The summed E-state index contributed by atoms with van der Waals surface area (Å²) < 4.78 is 0. The van der Waals surface area contributed by atoms with Crippen LogP contribution in [0.5, 0.6) is 0 Å². The fraction of sp³-hybridized carbons (Fsp3) is 0.733. The number of aromatic nitrogens is 1. The Balaban J connectivity index is 0.00000176. The molecule has 7 heteroatoms. The van der Waals surface area contributed by atoms with E-state index in [-0.39, 0.29) is 18.3 Å². The Labute approximate surface area is 146 Å². The van der Waals surface area contributed by atoms with Gasteiger partial charge in [-0.15, -0.1) is 23.7 Å². The van der Waals surface area contributed by atoms with E-state index in [1.807, 2.05) is 11.8 Å². The van der Waals surface area contributed by atoms with E-state index in [1.165, 1.54) is 36.3 Å². The van der Waals surface area contributed by atoms with Crippen LogP contribution < -0.4 is 10.6 Å². The van der Waals surface area contributed by atoms with Crippen LogP contribution in [-0.2, 0) is 17.6 Å². The van der Waals surface area contributed by atoms with Gasteiger partial charge in [-0.05, 0) is 25.7 Å². The summed E-state index contributed by atoms with van der Waals surface area (Å²) in [5.41, 5.74) is 1.22. The molecule has 1 aromatic heterocycles. The molecule has 0 bridgehead atoms. The van der Waals surface area contributed by atoms with Gasteiger partial charge in [0.15, 0.2) is 5.13 Å². The Morgan fingerprint density at radius 2 is 2.09 bits per heavy atom. The van der Waals surface area contributed by atoms with Gasteiger partial charge in [0.1, 0.15) is 0 Å². The second kappa shape index (κ2) is 9.11. The molecule has 22 heavy (non-hydrogen) atoms. The van der Waals surface area contributed by atoms with Crippen molar-refractivity contribution in [2.45, 2.75) is 51.0 Å². The monoisotopic (exact) mass is 361 g/mol. The average Bonchev–Trinajstić information content (AvgIpc) is 2.81. The minimum atomic E-state index is 0. The second-order valence-corrected chi connectivity index (χ2v) is 8.01. The van der Waals surface area contributed by atoms with Crippen LogP contribution in [-0.4, -0.2) is 35.0 Å². The van der Waals surface area contributed by atoms with Crippen LogP contribution in [0.15, 0.2) is 0 Å². The fourth-order valence-corrected chi connectivity index (χ4v) is 4.92. The molecule has 1 aromatic rings. The second-order valence-electron chi connectivity index (χ2n) is 5.78. The summed E-state index contributed by atoms with van der Waals surface area (Å²) in [6.45, 7) is 1.01. The molecule has 1 atom stereocenters. The number of aryl methyl sites for hydroxylation is 2. The number of fused-ring (bicyclic) bond motifs is 1. The Hall–Kier alpha value is -0.300. The topological polar surface area (TPSA) is 54.0 Å². The number of amides is 1. The number of hydrogen-bond donors (Lipinski definition) is 2. The van der Waals surface area contributed by atoms with Gasteiger partial charge >= 0.3 is 0 Å². The van der Waals surface area contributed by atoms with Gasteiger partial charge < -0.3 is 10.6 Å². The Morgan fingerprint density at radius 1 is 1.27 bits per heavy atom. The highest BCUT2D eigenvalue weighted by Gasteiger charge is 2.19. The summed E-state index contributed by atoms with van der Waals surface area (Å²) in [6, 6.07) is 0.310. The zero-order valence-electron chi connectivity index (χ0n) is 12.7. The predicted octanol–water partition coefficient (Wildman–Crippen LogP) is 3.26. The van der Waals surface area contributed by atoms with Crippen molar-refractivity contribution in [3.05, 3.63) is 10.6 Å². The molecule has 3 rings (SSSR count). The Morgan fingerprint density at radius 3 is 2.86 bits per heavy atom. The number of hydrogen-bond acceptors (Lipinski definition) is 5. The maximum absolute atomic E-state index is 12.1. The lowest BCUT2D eigenvalue weighted by Gasteiger charge is -2.22. The minimum Gasteiger partial charge on any atom is -0.312 e. The van der Waals surface area contributed by atoms with Crippen LogP contribution in [0.1, 0.15) is 42.7 Å². The molecule has 124 valence electrons. The first-order valence-corrected chi connectivity index (χ1v) is 9.88. The molecule has 0 saturated carbocycles. The van der Waals surface area contributed by atoms with Crippen molar-refractivity contribution in [3.63, 3.8) is 0 Å². The molecular weight excluding hydrogens is 338 g/mol. The zero-order valence-corrected chi connectivity index (χ0v) is 15.2. The van der Waals surface area contributed by atoms with E-state index in [0.29, 0.717) is 12.5 Å². The molecule has 1 fully saturated rings. The quantitative estimate of drug-likeness (QED) is 0.867. The van der Waals surface area contributed by atoms with Crippen LogP contribution >= 0.6 is 35.5 Å². The highest BCUT2D eigenvalue weighted by molar-refractivity contribution is 7.99. The van der Waals surface area contributed by atoms with E-state index in [0.717, 1.165) is 36.0 Å². The first-order chi connectivity index (χ1) is 10.3. The van der Waals surface area contributed by atoms with E-state index < -0.39 is 0 Å². The average molecular weight is 362 g/mol. The van der Waals surface area contributed by atoms with Crippen molar-refractivity contribution in [2.75, 3.05) is 23.4 Å². The standard InChI is InChI=1S/C15H23N3OS2.ClH/c19-14(9-11-10-20-8-7-16-11)18-15-17-12-5-3-1-2-4-6-13(12)21-15;/h11,16H,1-10H2,(H,17,18,19);1H. The van der Waals surface area contributed by atoms with Gasteiger partial charge in [-0.3, -0.25) is 4.79 Å². The van der Waals surface area contributed by atoms with Gasteiger partial charge in [0, 0.05) is 35.4 Å². The van der Waals surface area contributed by atoms with Gasteiger partial charge in [0.25, 0.3) is 0 Å². The molecule has 1 aliphatic heterocycles.